The van der Waals surface area contributed by atoms with Crippen LogP contribution in [-0.2, 0) is 4.79 Å². The molecule has 1 heterocycles. The Morgan fingerprint density at radius 2 is 1.94 bits per heavy atom. The monoisotopic (exact) mass is 241 g/mol. The fourth-order valence-corrected chi connectivity index (χ4v) is 2.01. The highest BCUT2D eigenvalue weighted by Gasteiger charge is 2.26. The van der Waals surface area contributed by atoms with Crippen molar-refractivity contribution in [3.63, 3.8) is 0 Å². The minimum Gasteiger partial charge on any atom is -0.349 e. The van der Waals surface area contributed by atoms with Crippen molar-refractivity contribution in [1.29, 1.82) is 0 Å². The summed E-state index contributed by atoms with van der Waals surface area (Å²) in [6.45, 7) is 2.01. The molecule has 17 heavy (non-hydrogen) atoms. The Bertz CT molecular complexity index is 279. The summed E-state index contributed by atoms with van der Waals surface area (Å²) in [7, 11) is 3.56. The van der Waals surface area contributed by atoms with Gasteiger partial charge in [-0.2, -0.15) is 0 Å². The maximum atomic E-state index is 11.3. The van der Waals surface area contributed by atoms with Crippen LogP contribution >= 0.6 is 0 Å². The summed E-state index contributed by atoms with van der Waals surface area (Å²) in [5, 5.41) is 5.73. The van der Waals surface area contributed by atoms with Crippen molar-refractivity contribution in [2.24, 2.45) is 0 Å². The highest BCUT2D eigenvalue weighted by Crippen LogP contribution is 2.11. The molecule has 5 heteroatoms. The molecule has 0 aromatic rings. The number of carbonyl (C=O) groups excluding carboxylic acids is 2. The molecule has 98 valence electrons. The van der Waals surface area contributed by atoms with Gasteiger partial charge in [0.05, 0.1) is 6.04 Å². The van der Waals surface area contributed by atoms with Crippen LogP contribution in [0.5, 0.6) is 0 Å². The molecule has 0 aliphatic carbocycles. The van der Waals surface area contributed by atoms with Crippen molar-refractivity contribution in [1.82, 2.24) is 15.5 Å². The molecule has 1 fully saturated rings. The first-order valence-electron chi connectivity index (χ1n) is 6.28. The summed E-state index contributed by atoms with van der Waals surface area (Å²) in [6, 6.07) is 0.392. The van der Waals surface area contributed by atoms with Crippen molar-refractivity contribution in [2.45, 2.75) is 51.1 Å². The molecular weight excluding hydrogens is 218 g/mol. The molecule has 2 atom stereocenters. The van der Waals surface area contributed by atoms with Crippen LogP contribution in [0.15, 0.2) is 0 Å². The van der Waals surface area contributed by atoms with E-state index in [0.717, 1.165) is 25.7 Å². The second-order valence-corrected chi connectivity index (χ2v) is 4.90. The lowest BCUT2D eigenvalue weighted by atomic mass is 10.0. The molecule has 0 aromatic heterocycles. The molecule has 0 bridgehead atoms. The van der Waals surface area contributed by atoms with Crippen molar-refractivity contribution >= 4 is 11.9 Å². The lowest BCUT2D eigenvalue weighted by Gasteiger charge is -2.14. The first-order chi connectivity index (χ1) is 8.00. The number of hydrogen-bond donors (Lipinski definition) is 2. The van der Waals surface area contributed by atoms with Gasteiger partial charge in [-0.1, -0.05) is 12.8 Å². The molecule has 2 unspecified atom stereocenters. The number of amides is 3. The number of nitrogens with zero attached hydrogens (tertiary/aromatic N) is 1. The number of carbonyl (C=O) groups is 2. The molecular formula is C12H23N3O2. The zero-order chi connectivity index (χ0) is 12.8. The molecule has 0 aromatic carbocycles. The average Bonchev–Trinajstić information content (AvgIpc) is 2.56. The van der Waals surface area contributed by atoms with Crippen molar-refractivity contribution in [3.05, 3.63) is 0 Å². The molecule has 1 rings (SSSR count). The molecule has 0 saturated carbocycles. The van der Waals surface area contributed by atoms with E-state index >= 15 is 0 Å². The summed E-state index contributed by atoms with van der Waals surface area (Å²) < 4.78 is 0. The zero-order valence-corrected chi connectivity index (χ0v) is 11.0. The largest absolute Gasteiger partial charge is 0.349 e. The van der Waals surface area contributed by atoms with Gasteiger partial charge in [-0.05, 0) is 19.8 Å². The average molecular weight is 241 g/mol. The van der Waals surface area contributed by atoms with Crippen LogP contribution in [0.25, 0.3) is 0 Å². The quantitative estimate of drug-likeness (QED) is 0.684. The lowest BCUT2D eigenvalue weighted by Crippen LogP contribution is -2.30. The molecule has 0 spiro atoms. The van der Waals surface area contributed by atoms with Crippen LogP contribution in [0.3, 0.4) is 0 Å². The molecule has 0 radical (unpaired) electrons. The number of hydrogen-bond acceptors (Lipinski definition) is 2. The van der Waals surface area contributed by atoms with E-state index in [0.29, 0.717) is 6.42 Å². The SMILES string of the molecule is CC1NC(=O)NC1CCCCCC(=O)N(C)C. The fraction of sp³-hybridized carbons (Fsp3) is 0.833. The van der Waals surface area contributed by atoms with Crippen molar-refractivity contribution in [3.8, 4) is 0 Å². The van der Waals surface area contributed by atoms with Crippen molar-refractivity contribution < 1.29 is 9.59 Å². The topological polar surface area (TPSA) is 61.4 Å². The van der Waals surface area contributed by atoms with Crippen LogP contribution in [0.4, 0.5) is 4.79 Å². The third kappa shape index (κ3) is 4.63. The van der Waals surface area contributed by atoms with E-state index in [1.807, 2.05) is 6.92 Å². The predicted octanol–water partition coefficient (Wildman–Crippen LogP) is 1.09. The third-order valence-corrected chi connectivity index (χ3v) is 3.18. The van der Waals surface area contributed by atoms with E-state index in [1.165, 1.54) is 0 Å². The van der Waals surface area contributed by atoms with Gasteiger partial charge in [-0.3, -0.25) is 4.79 Å². The molecule has 1 saturated heterocycles. The Morgan fingerprint density at radius 1 is 1.24 bits per heavy atom. The van der Waals surface area contributed by atoms with E-state index in [1.54, 1.807) is 19.0 Å². The molecule has 1 aliphatic rings. The van der Waals surface area contributed by atoms with Crippen LogP contribution < -0.4 is 10.6 Å². The lowest BCUT2D eigenvalue weighted by molar-refractivity contribution is -0.128. The fourth-order valence-electron chi connectivity index (χ4n) is 2.01. The van der Waals surface area contributed by atoms with Gasteiger partial charge >= 0.3 is 6.03 Å². The first kappa shape index (κ1) is 13.8. The van der Waals surface area contributed by atoms with Crippen LogP contribution in [-0.4, -0.2) is 43.0 Å². The van der Waals surface area contributed by atoms with Gasteiger partial charge in [-0.15, -0.1) is 0 Å². The molecule has 2 N–H and O–H groups in total. The Balaban J connectivity index is 2.05. The van der Waals surface area contributed by atoms with Crippen LogP contribution in [0.2, 0.25) is 0 Å². The Hall–Kier alpha value is -1.26. The summed E-state index contributed by atoms with van der Waals surface area (Å²) in [5.41, 5.74) is 0. The predicted molar refractivity (Wildman–Crippen MR) is 66.7 cm³/mol. The Kier molecular flexibility index (Phi) is 5.25. The second kappa shape index (κ2) is 6.47. The van der Waals surface area contributed by atoms with E-state index in [4.69, 9.17) is 0 Å². The minimum atomic E-state index is -0.0646. The maximum Gasteiger partial charge on any atom is 0.315 e. The summed E-state index contributed by atoms with van der Waals surface area (Å²) in [5.74, 6) is 0.189. The van der Waals surface area contributed by atoms with Gasteiger partial charge in [-0.25, -0.2) is 4.79 Å². The van der Waals surface area contributed by atoms with Crippen LogP contribution in [0.1, 0.15) is 39.0 Å². The number of urea groups is 1. The zero-order valence-electron chi connectivity index (χ0n) is 11.0. The summed E-state index contributed by atoms with van der Waals surface area (Å²) in [4.78, 5) is 24.0. The molecule has 1 aliphatic heterocycles. The van der Waals surface area contributed by atoms with E-state index in [2.05, 4.69) is 10.6 Å². The second-order valence-electron chi connectivity index (χ2n) is 4.90. The normalized spacial score (nSPS) is 23.1. The van der Waals surface area contributed by atoms with Gasteiger partial charge in [0, 0.05) is 26.6 Å². The van der Waals surface area contributed by atoms with Crippen molar-refractivity contribution in [2.75, 3.05) is 14.1 Å². The van der Waals surface area contributed by atoms with E-state index in [-0.39, 0.29) is 24.0 Å². The molecule has 5 nitrogen and oxygen atoms in total. The van der Waals surface area contributed by atoms with Crippen LogP contribution in [0, 0.1) is 0 Å². The van der Waals surface area contributed by atoms with E-state index in [9.17, 15) is 9.59 Å². The summed E-state index contributed by atoms with van der Waals surface area (Å²) >= 11 is 0. The standard InChI is InChI=1S/C12H23N3O2/c1-9-10(14-12(17)13-9)7-5-4-6-8-11(16)15(2)3/h9-10H,4-8H2,1-3H3,(H2,13,14,17). The minimum absolute atomic E-state index is 0.0646. The smallest absolute Gasteiger partial charge is 0.315 e. The third-order valence-electron chi connectivity index (χ3n) is 3.18. The maximum absolute atomic E-state index is 11.3. The Labute approximate surface area is 103 Å². The summed E-state index contributed by atoms with van der Waals surface area (Å²) in [6.07, 6.45) is 4.63. The highest BCUT2D eigenvalue weighted by molar-refractivity contribution is 5.77. The number of rotatable bonds is 6. The van der Waals surface area contributed by atoms with Gasteiger partial charge in [0.2, 0.25) is 5.91 Å². The number of nitrogens with one attached hydrogen (secondary N) is 2. The first-order valence-corrected chi connectivity index (χ1v) is 6.28. The number of unbranched alkanes of at least 4 members (excludes halogenated alkanes) is 2. The van der Waals surface area contributed by atoms with Gasteiger partial charge in [0.1, 0.15) is 0 Å². The van der Waals surface area contributed by atoms with Gasteiger partial charge in [0.25, 0.3) is 0 Å². The van der Waals surface area contributed by atoms with Gasteiger partial charge in [0.15, 0.2) is 0 Å². The molecule has 3 amide bonds. The highest BCUT2D eigenvalue weighted by atomic mass is 16.2. The van der Waals surface area contributed by atoms with E-state index < -0.39 is 0 Å². The Morgan fingerprint density at radius 3 is 2.47 bits per heavy atom. The van der Waals surface area contributed by atoms with Gasteiger partial charge < -0.3 is 15.5 Å².